The molecule has 1 rings (SSSR count). The van der Waals surface area contributed by atoms with Gasteiger partial charge in [0.2, 0.25) is 0 Å². The van der Waals surface area contributed by atoms with Crippen molar-refractivity contribution in [1.29, 1.82) is 0 Å². The molecule has 0 aliphatic heterocycles. The van der Waals surface area contributed by atoms with Crippen molar-refractivity contribution in [3.05, 3.63) is 23.8 Å². The molecule has 0 spiro atoms. The number of carboxylic acids is 1. The summed E-state index contributed by atoms with van der Waals surface area (Å²) >= 11 is 0. The number of halogens is 3. The smallest absolute Gasteiger partial charge is 0.471 e. The van der Waals surface area contributed by atoms with E-state index in [9.17, 15) is 22.8 Å². The van der Waals surface area contributed by atoms with E-state index in [1.807, 2.05) is 0 Å². The number of carboxylic acid groups (broad SMARTS) is 1. The molecule has 0 saturated carbocycles. The van der Waals surface area contributed by atoms with E-state index in [1.165, 1.54) is 12.1 Å². The van der Waals surface area contributed by atoms with Crippen LogP contribution in [0.2, 0.25) is 0 Å². The Morgan fingerprint density at radius 3 is 2.55 bits per heavy atom. The molecule has 0 radical (unpaired) electrons. The number of nitrogens with one attached hydrogen (secondary N) is 2. The first-order valence-corrected chi connectivity index (χ1v) is 6.28. The highest BCUT2D eigenvalue weighted by Gasteiger charge is 2.38. The summed E-state index contributed by atoms with van der Waals surface area (Å²) in [6, 6.07) is 4.38. The van der Waals surface area contributed by atoms with E-state index >= 15 is 0 Å². The second-order valence-electron chi connectivity index (χ2n) is 4.22. The number of aromatic carboxylic acids is 1. The second-order valence-corrected chi connectivity index (χ2v) is 4.22. The predicted octanol–water partition coefficient (Wildman–Crippen LogP) is 1.87. The summed E-state index contributed by atoms with van der Waals surface area (Å²) in [6.45, 7) is -0.266. The van der Waals surface area contributed by atoms with E-state index < -0.39 is 18.1 Å². The van der Waals surface area contributed by atoms with Gasteiger partial charge in [-0.15, -0.1) is 0 Å². The van der Waals surface area contributed by atoms with Crippen LogP contribution >= 0.6 is 0 Å². The first kappa shape index (κ1) is 17.6. The van der Waals surface area contributed by atoms with Crippen LogP contribution in [-0.4, -0.2) is 43.4 Å². The van der Waals surface area contributed by atoms with Crippen LogP contribution in [0.5, 0.6) is 5.75 Å². The molecule has 0 aliphatic rings. The summed E-state index contributed by atoms with van der Waals surface area (Å²) in [7, 11) is 1.65. The fourth-order valence-corrected chi connectivity index (χ4v) is 1.53. The third kappa shape index (κ3) is 5.15. The molecular weight excluding hydrogens is 305 g/mol. The van der Waals surface area contributed by atoms with Gasteiger partial charge < -0.3 is 20.5 Å². The zero-order valence-electron chi connectivity index (χ0n) is 11.7. The zero-order valence-corrected chi connectivity index (χ0v) is 11.7. The van der Waals surface area contributed by atoms with Gasteiger partial charge in [0.15, 0.2) is 0 Å². The molecule has 0 aliphatic carbocycles. The van der Waals surface area contributed by atoms with Gasteiger partial charge in [0.1, 0.15) is 11.3 Å². The van der Waals surface area contributed by atoms with Gasteiger partial charge in [-0.05, 0) is 18.6 Å². The Morgan fingerprint density at radius 2 is 2.00 bits per heavy atom. The predicted molar refractivity (Wildman–Crippen MR) is 72.1 cm³/mol. The molecule has 0 fully saturated rings. The highest BCUT2D eigenvalue weighted by Crippen LogP contribution is 2.23. The summed E-state index contributed by atoms with van der Waals surface area (Å²) < 4.78 is 41.1. The van der Waals surface area contributed by atoms with Gasteiger partial charge in [0.05, 0.1) is 6.61 Å². The SMILES string of the molecule is CNc1ccc(C(=O)O)c(OCCCNC(=O)C(F)(F)F)c1. The van der Waals surface area contributed by atoms with Gasteiger partial charge in [0.25, 0.3) is 0 Å². The Hall–Kier alpha value is -2.45. The number of ether oxygens (including phenoxy) is 1. The topological polar surface area (TPSA) is 87.7 Å². The lowest BCUT2D eigenvalue weighted by atomic mass is 10.2. The fraction of sp³-hybridized carbons (Fsp3) is 0.385. The summed E-state index contributed by atoms with van der Waals surface area (Å²) in [6.07, 6.45) is -4.82. The van der Waals surface area contributed by atoms with Crippen LogP contribution in [0, 0.1) is 0 Å². The molecule has 0 atom stereocenters. The maximum Gasteiger partial charge on any atom is 0.471 e. The number of benzene rings is 1. The molecule has 0 heterocycles. The Labute approximate surface area is 124 Å². The third-order valence-corrected chi connectivity index (χ3v) is 2.62. The molecule has 22 heavy (non-hydrogen) atoms. The van der Waals surface area contributed by atoms with Crippen LogP contribution in [0.15, 0.2) is 18.2 Å². The van der Waals surface area contributed by atoms with Crippen LogP contribution in [0.3, 0.4) is 0 Å². The van der Waals surface area contributed by atoms with E-state index in [4.69, 9.17) is 9.84 Å². The monoisotopic (exact) mass is 320 g/mol. The standard InChI is InChI=1S/C13H15F3N2O4/c1-17-8-3-4-9(11(19)20)10(7-8)22-6-2-5-18-12(21)13(14,15)16/h3-4,7,17H,2,5-6H2,1H3,(H,18,21)(H,19,20). The van der Waals surface area contributed by atoms with Gasteiger partial charge >= 0.3 is 18.1 Å². The summed E-state index contributed by atoms with van der Waals surface area (Å²) in [5, 5.41) is 13.5. The molecule has 1 aromatic rings. The van der Waals surface area contributed by atoms with E-state index in [1.54, 1.807) is 18.4 Å². The Morgan fingerprint density at radius 1 is 1.32 bits per heavy atom. The highest BCUT2D eigenvalue weighted by molar-refractivity contribution is 5.91. The number of carbonyl (C=O) groups excluding carboxylic acids is 1. The molecule has 1 aromatic carbocycles. The maximum absolute atomic E-state index is 11.9. The lowest BCUT2D eigenvalue weighted by molar-refractivity contribution is -0.173. The van der Waals surface area contributed by atoms with Crippen LogP contribution in [-0.2, 0) is 4.79 Å². The molecular formula is C13H15F3N2O4. The van der Waals surface area contributed by atoms with E-state index in [2.05, 4.69) is 5.32 Å². The molecule has 122 valence electrons. The average molecular weight is 320 g/mol. The van der Waals surface area contributed by atoms with Crippen molar-refractivity contribution >= 4 is 17.6 Å². The van der Waals surface area contributed by atoms with Gasteiger partial charge in [-0.1, -0.05) is 0 Å². The summed E-state index contributed by atoms with van der Waals surface area (Å²) in [5.41, 5.74) is 0.573. The molecule has 0 bridgehead atoms. The Kier molecular flexibility index (Phi) is 6.02. The van der Waals surface area contributed by atoms with Crippen molar-refractivity contribution in [3.8, 4) is 5.75 Å². The Balaban J connectivity index is 2.51. The van der Waals surface area contributed by atoms with Crippen molar-refractivity contribution in [3.63, 3.8) is 0 Å². The Bertz CT molecular complexity index is 547. The van der Waals surface area contributed by atoms with E-state index in [-0.39, 0.29) is 30.9 Å². The minimum absolute atomic E-state index is 0.0361. The molecule has 0 aromatic heterocycles. The van der Waals surface area contributed by atoms with Crippen molar-refractivity contribution in [2.45, 2.75) is 12.6 Å². The van der Waals surface area contributed by atoms with Gasteiger partial charge in [-0.2, -0.15) is 13.2 Å². The number of rotatable bonds is 7. The molecule has 3 N–H and O–H groups in total. The normalized spacial score (nSPS) is 10.9. The van der Waals surface area contributed by atoms with Crippen LogP contribution < -0.4 is 15.4 Å². The minimum Gasteiger partial charge on any atom is -0.493 e. The number of carbonyl (C=O) groups is 2. The van der Waals surface area contributed by atoms with E-state index in [0.29, 0.717) is 5.69 Å². The first-order valence-electron chi connectivity index (χ1n) is 6.28. The van der Waals surface area contributed by atoms with Crippen LogP contribution in [0.1, 0.15) is 16.8 Å². The fourth-order valence-electron chi connectivity index (χ4n) is 1.53. The van der Waals surface area contributed by atoms with Crippen molar-refractivity contribution in [1.82, 2.24) is 5.32 Å². The van der Waals surface area contributed by atoms with Gasteiger partial charge in [-0.3, -0.25) is 4.79 Å². The quantitative estimate of drug-likeness (QED) is 0.668. The van der Waals surface area contributed by atoms with Gasteiger partial charge in [-0.25, -0.2) is 4.79 Å². The molecule has 6 nitrogen and oxygen atoms in total. The average Bonchev–Trinajstić information content (AvgIpc) is 2.45. The summed E-state index contributed by atoms with van der Waals surface area (Å²) in [5.74, 6) is -3.10. The lowest BCUT2D eigenvalue weighted by Crippen LogP contribution is -2.37. The van der Waals surface area contributed by atoms with Crippen molar-refractivity contribution in [2.24, 2.45) is 0 Å². The largest absolute Gasteiger partial charge is 0.493 e. The number of hydrogen-bond donors (Lipinski definition) is 3. The zero-order chi connectivity index (χ0) is 16.8. The number of amides is 1. The maximum atomic E-state index is 11.9. The number of hydrogen-bond acceptors (Lipinski definition) is 4. The second kappa shape index (κ2) is 7.53. The van der Waals surface area contributed by atoms with Crippen molar-refractivity contribution in [2.75, 3.05) is 25.5 Å². The minimum atomic E-state index is -4.92. The molecule has 0 saturated heterocycles. The lowest BCUT2D eigenvalue weighted by Gasteiger charge is -2.12. The highest BCUT2D eigenvalue weighted by atomic mass is 19.4. The number of anilines is 1. The van der Waals surface area contributed by atoms with E-state index in [0.717, 1.165) is 0 Å². The molecule has 1 amide bonds. The molecule has 9 heteroatoms. The van der Waals surface area contributed by atoms with Crippen LogP contribution in [0.25, 0.3) is 0 Å². The number of alkyl halides is 3. The van der Waals surface area contributed by atoms with Gasteiger partial charge in [0, 0.05) is 25.3 Å². The first-order chi connectivity index (χ1) is 10.3. The van der Waals surface area contributed by atoms with Crippen LogP contribution in [0.4, 0.5) is 18.9 Å². The molecule has 0 unspecified atom stereocenters. The van der Waals surface area contributed by atoms with Crippen molar-refractivity contribution < 1.29 is 32.6 Å². The third-order valence-electron chi connectivity index (χ3n) is 2.62. The summed E-state index contributed by atoms with van der Waals surface area (Å²) in [4.78, 5) is 21.6.